The van der Waals surface area contributed by atoms with Gasteiger partial charge in [-0.1, -0.05) is 24.3 Å². The molecule has 1 aromatic heterocycles. The van der Waals surface area contributed by atoms with Gasteiger partial charge in [0.25, 0.3) is 17.2 Å². The Morgan fingerprint density at radius 3 is 2.52 bits per heavy atom. The molecular formula is C16H11N5O4. The number of aliphatic imine (C=N–C) groups is 1. The van der Waals surface area contributed by atoms with Crippen molar-refractivity contribution in [1.82, 2.24) is 15.3 Å². The average molecular weight is 337 g/mol. The number of aromatic hydroxyl groups is 1. The summed E-state index contributed by atoms with van der Waals surface area (Å²) in [6.07, 6.45) is 0. The predicted molar refractivity (Wildman–Crippen MR) is 89.0 cm³/mol. The number of H-pyrrole nitrogens is 2. The van der Waals surface area contributed by atoms with E-state index in [1.807, 2.05) is 4.98 Å². The van der Waals surface area contributed by atoms with E-state index in [0.717, 1.165) is 0 Å². The molecule has 0 atom stereocenters. The number of aromatic nitrogens is 2. The van der Waals surface area contributed by atoms with Crippen molar-refractivity contribution in [2.45, 2.75) is 0 Å². The fourth-order valence-corrected chi connectivity index (χ4v) is 2.52. The molecule has 0 spiro atoms. The molecule has 0 bridgehead atoms. The molecule has 3 rings (SSSR count). The van der Waals surface area contributed by atoms with E-state index < -0.39 is 23.0 Å². The monoisotopic (exact) mass is 337 g/mol. The largest absolute Gasteiger partial charge is 0.494 e. The van der Waals surface area contributed by atoms with Crippen molar-refractivity contribution in [3.8, 4) is 5.88 Å². The van der Waals surface area contributed by atoms with Crippen molar-refractivity contribution >= 4 is 17.3 Å². The summed E-state index contributed by atoms with van der Waals surface area (Å²) in [5.41, 5.74) is -1.11. The summed E-state index contributed by atoms with van der Waals surface area (Å²) < 4.78 is 0. The minimum Gasteiger partial charge on any atom is -0.494 e. The molecule has 9 heteroatoms. The molecule has 2 heterocycles. The van der Waals surface area contributed by atoms with Crippen molar-refractivity contribution < 1.29 is 9.90 Å². The van der Waals surface area contributed by atoms with Crippen LogP contribution in [0.2, 0.25) is 0 Å². The quantitative estimate of drug-likeness (QED) is 0.452. The summed E-state index contributed by atoms with van der Waals surface area (Å²) in [5.74, 6) is -1.27. The van der Waals surface area contributed by atoms with Gasteiger partial charge in [-0.05, 0) is 5.56 Å². The molecule has 0 fully saturated rings. The van der Waals surface area contributed by atoms with Gasteiger partial charge in [0, 0.05) is 12.6 Å². The summed E-state index contributed by atoms with van der Waals surface area (Å²) in [5, 5.41) is 12.3. The Balaban J connectivity index is 2.37. The number of benzene rings is 1. The van der Waals surface area contributed by atoms with Crippen LogP contribution >= 0.6 is 0 Å². The molecule has 0 saturated carbocycles. The fraction of sp³-hybridized carbons (Fsp3) is 0.0625. The Morgan fingerprint density at radius 1 is 1.24 bits per heavy atom. The topological polar surface area (TPSA) is 132 Å². The maximum Gasteiger partial charge on any atom is 0.328 e. The maximum absolute atomic E-state index is 12.1. The van der Waals surface area contributed by atoms with Crippen molar-refractivity contribution in [3.63, 3.8) is 0 Å². The zero-order valence-corrected chi connectivity index (χ0v) is 12.9. The van der Waals surface area contributed by atoms with Crippen LogP contribution < -0.4 is 16.6 Å². The van der Waals surface area contributed by atoms with Crippen LogP contribution in [0.3, 0.4) is 0 Å². The number of nitrogens with zero attached hydrogens (tertiary/aromatic N) is 2. The highest BCUT2D eigenvalue weighted by atomic mass is 16.3. The lowest BCUT2D eigenvalue weighted by atomic mass is 10.00. The molecule has 1 aromatic carbocycles. The number of amides is 1. The molecule has 0 aliphatic carbocycles. The van der Waals surface area contributed by atoms with E-state index in [0.29, 0.717) is 11.1 Å². The number of hydrogen-bond acceptors (Lipinski definition) is 5. The van der Waals surface area contributed by atoms with Gasteiger partial charge in [-0.3, -0.25) is 24.5 Å². The minimum absolute atomic E-state index is 0.0608. The molecule has 1 amide bonds. The van der Waals surface area contributed by atoms with Gasteiger partial charge in [-0.15, -0.1) is 0 Å². The van der Waals surface area contributed by atoms with E-state index in [2.05, 4.69) is 20.1 Å². The zero-order valence-electron chi connectivity index (χ0n) is 12.9. The molecule has 2 aromatic rings. The number of nitrogens with one attached hydrogen (secondary N) is 3. The Hall–Kier alpha value is -3.93. The lowest BCUT2D eigenvalue weighted by molar-refractivity contribution is -0.116. The number of carbonyl (C=O) groups is 1. The van der Waals surface area contributed by atoms with Gasteiger partial charge < -0.3 is 10.4 Å². The molecule has 25 heavy (non-hydrogen) atoms. The Bertz CT molecular complexity index is 1110. The average Bonchev–Trinajstić information content (AvgIpc) is 2.94. The van der Waals surface area contributed by atoms with Gasteiger partial charge >= 0.3 is 5.69 Å². The van der Waals surface area contributed by atoms with Crippen LogP contribution in [0.25, 0.3) is 10.5 Å². The molecule has 4 N–H and O–H groups in total. The van der Waals surface area contributed by atoms with Crippen molar-refractivity contribution in [1.29, 1.82) is 0 Å². The lowest BCUT2D eigenvalue weighted by Gasteiger charge is -2.04. The van der Waals surface area contributed by atoms with E-state index in [-0.39, 0.29) is 22.7 Å². The van der Waals surface area contributed by atoms with E-state index in [1.165, 1.54) is 7.05 Å². The predicted octanol–water partition coefficient (Wildman–Crippen LogP) is -0.0463. The second kappa shape index (κ2) is 5.93. The first kappa shape index (κ1) is 15.9. The normalized spacial score (nSPS) is 14.3. The standard InChI is InChI=1S/C16H11N5O4/c1-17-12(15(24)18-2)11-8-6-4-3-5-7(8)10(19-11)9-13(22)20-16(25)21-14(9)23/h3-6H,2H3,(H,18,24)(H3,20,21,22,23,25)/b12-11-. The summed E-state index contributed by atoms with van der Waals surface area (Å²) in [4.78, 5) is 46.9. The van der Waals surface area contributed by atoms with E-state index >= 15 is 0 Å². The summed E-state index contributed by atoms with van der Waals surface area (Å²) in [6, 6.07) is 6.66. The van der Waals surface area contributed by atoms with E-state index in [1.54, 1.807) is 24.3 Å². The van der Waals surface area contributed by atoms with E-state index in [4.69, 9.17) is 6.57 Å². The third kappa shape index (κ3) is 2.51. The second-order valence-electron chi connectivity index (χ2n) is 5.03. The summed E-state index contributed by atoms with van der Waals surface area (Å²) in [6.45, 7) is 7.26. The molecule has 0 unspecified atom stereocenters. The van der Waals surface area contributed by atoms with Gasteiger partial charge in [0.15, 0.2) is 0 Å². The first-order chi connectivity index (χ1) is 12.0. The fourth-order valence-electron chi connectivity index (χ4n) is 2.52. The molecular weight excluding hydrogens is 326 g/mol. The number of hydrogen-bond donors (Lipinski definition) is 4. The van der Waals surface area contributed by atoms with Crippen molar-refractivity contribution in [2.75, 3.05) is 7.05 Å². The van der Waals surface area contributed by atoms with Crippen LogP contribution in [-0.4, -0.2) is 33.7 Å². The van der Waals surface area contributed by atoms with Gasteiger partial charge in [0.05, 0.1) is 18.0 Å². The highest BCUT2D eigenvalue weighted by Gasteiger charge is 2.29. The van der Waals surface area contributed by atoms with Crippen LogP contribution in [0.4, 0.5) is 0 Å². The number of rotatable bonds is 2. The first-order valence-corrected chi connectivity index (χ1v) is 7.06. The Labute approximate surface area is 140 Å². The van der Waals surface area contributed by atoms with Crippen LogP contribution in [0.15, 0.2) is 44.5 Å². The van der Waals surface area contributed by atoms with Gasteiger partial charge in [-0.2, -0.15) is 0 Å². The smallest absolute Gasteiger partial charge is 0.328 e. The minimum atomic E-state index is -0.860. The Kier molecular flexibility index (Phi) is 3.79. The van der Waals surface area contributed by atoms with Crippen LogP contribution in [0.1, 0.15) is 16.7 Å². The molecule has 9 nitrogen and oxygen atoms in total. The number of fused-ring (bicyclic) bond motifs is 1. The van der Waals surface area contributed by atoms with Crippen LogP contribution in [0, 0.1) is 6.57 Å². The maximum atomic E-state index is 12.1. The van der Waals surface area contributed by atoms with Crippen LogP contribution in [-0.2, 0) is 4.79 Å². The molecule has 124 valence electrons. The second-order valence-corrected chi connectivity index (χ2v) is 5.03. The third-order valence-corrected chi connectivity index (χ3v) is 3.60. The molecule has 0 saturated heterocycles. The Morgan fingerprint density at radius 2 is 1.92 bits per heavy atom. The highest BCUT2D eigenvalue weighted by Crippen LogP contribution is 2.34. The molecule has 0 radical (unpaired) electrons. The molecule has 1 aliphatic rings. The number of likely N-dealkylation sites (N-methyl/N-ethyl adjacent to an activating group) is 1. The summed E-state index contributed by atoms with van der Waals surface area (Å²) >= 11 is 0. The number of carbonyl (C=O) groups excluding carboxylic acids is 1. The highest BCUT2D eigenvalue weighted by molar-refractivity contribution is 6.23. The van der Waals surface area contributed by atoms with Gasteiger partial charge in [-0.25, -0.2) is 9.64 Å². The zero-order chi connectivity index (χ0) is 18.1. The molecule has 1 aliphatic heterocycles. The van der Waals surface area contributed by atoms with Crippen molar-refractivity contribution in [2.24, 2.45) is 4.99 Å². The van der Waals surface area contributed by atoms with Crippen LogP contribution in [0.5, 0.6) is 5.88 Å². The van der Waals surface area contributed by atoms with Gasteiger partial charge in [0.2, 0.25) is 5.88 Å². The lowest BCUT2D eigenvalue weighted by Crippen LogP contribution is -2.27. The first-order valence-electron chi connectivity index (χ1n) is 7.06. The van der Waals surface area contributed by atoms with E-state index in [9.17, 15) is 19.5 Å². The SMILES string of the molecule is [C-]#[N+]/C(C(=O)NC)=C1\N=C(c2c(O)[nH]c(=O)[nH]c2=O)c2ccccc21. The van der Waals surface area contributed by atoms with Gasteiger partial charge in [0.1, 0.15) is 5.56 Å². The summed E-state index contributed by atoms with van der Waals surface area (Å²) in [7, 11) is 1.39. The third-order valence-electron chi connectivity index (χ3n) is 3.60. The van der Waals surface area contributed by atoms with Crippen molar-refractivity contribution in [3.05, 3.63) is 78.9 Å². The number of aromatic amines is 2.